The van der Waals surface area contributed by atoms with E-state index in [2.05, 4.69) is 42.5 Å². The van der Waals surface area contributed by atoms with Gasteiger partial charge in [-0.15, -0.1) is 0 Å². The minimum absolute atomic E-state index is 0.0246. The summed E-state index contributed by atoms with van der Waals surface area (Å²) >= 11 is 6.61. The van der Waals surface area contributed by atoms with Crippen molar-refractivity contribution >= 4 is 62.2 Å². The lowest BCUT2D eigenvalue weighted by Crippen LogP contribution is -2.24. The number of benzene rings is 2. The van der Waals surface area contributed by atoms with E-state index in [0.29, 0.717) is 16.6 Å². The fourth-order valence-electron chi connectivity index (χ4n) is 2.07. The zero-order chi connectivity index (χ0) is 19.3. The number of halogens is 2. The Kier molecular flexibility index (Phi) is 7.43. The van der Waals surface area contributed by atoms with E-state index >= 15 is 0 Å². The molecule has 2 atom stereocenters. The number of amides is 2. The molecule has 2 aromatic carbocycles. The van der Waals surface area contributed by atoms with E-state index in [9.17, 15) is 14.3 Å². The Morgan fingerprint density at radius 2 is 1.88 bits per heavy atom. The van der Waals surface area contributed by atoms with Crippen molar-refractivity contribution in [3.8, 4) is 0 Å². The van der Waals surface area contributed by atoms with Gasteiger partial charge in [0.05, 0.1) is 17.1 Å². The van der Waals surface area contributed by atoms with Gasteiger partial charge in [-0.05, 0) is 49.7 Å². The van der Waals surface area contributed by atoms with Crippen LogP contribution in [0.5, 0.6) is 0 Å². The maximum Gasteiger partial charge on any atom is 0.361 e. The summed E-state index contributed by atoms with van der Waals surface area (Å²) in [5, 5.41) is 5.30. The summed E-state index contributed by atoms with van der Waals surface area (Å²) in [5.41, 5.74) is 0.786. The second-order valence-corrected chi connectivity index (χ2v) is 9.16. The fraction of sp³-hybridized carbons (Fsp3) is 0.235. The van der Waals surface area contributed by atoms with Gasteiger partial charge < -0.3 is 20.1 Å². The van der Waals surface area contributed by atoms with E-state index in [1.807, 2.05) is 13.0 Å². The van der Waals surface area contributed by atoms with Crippen molar-refractivity contribution in [2.75, 3.05) is 10.6 Å². The first-order valence-corrected chi connectivity index (χ1v) is 11.0. The summed E-state index contributed by atoms with van der Waals surface area (Å²) in [6, 6.07) is 11.2. The van der Waals surface area contributed by atoms with E-state index in [4.69, 9.17) is 4.52 Å². The first-order chi connectivity index (χ1) is 12.2. The normalized spacial score (nSPS) is 14.3. The van der Waals surface area contributed by atoms with Gasteiger partial charge in [0.1, 0.15) is 0 Å². The first kappa shape index (κ1) is 21.1. The van der Waals surface area contributed by atoms with Crippen molar-refractivity contribution in [2.24, 2.45) is 0 Å². The van der Waals surface area contributed by atoms with Gasteiger partial charge in [0.25, 0.3) is 0 Å². The van der Waals surface area contributed by atoms with Gasteiger partial charge in [-0.1, -0.05) is 44.8 Å². The van der Waals surface area contributed by atoms with Crippen LogP contribution in [0.4, 0.5) is 16.2 Å². The molecule has 0 bridgehead atoms. The van der Waals surface area contributed by atoms with Crippen LogP contribution in [0, 0.1) is 0 Å². The highest BCUT2D eigenvalue weighted by Crippen LogP contribution is 2.45. The molecule has 9 heteroatoms. The van der Waals surface area contributed by atoms with Gasteiger partial charge in [0.2, 0.25) is 0 Å². The Labute approximate surface area is 169 Å². The molecule has 0 saturated heterocycles. The molecule has 2 aromatic rings. The predicted octanol–water partition coefficient (Wildman–Crippen LogP) is 5.48. The topological polar surface area (TPSA) is 87.7 Å². The largest absolute Gasteiger partial charge is 0.361 e. The average Bonchev–Trinajstić information content (AvgIpc) is 2.55. The van der Waals surface area contributed by atoms with Crippen LogP contribution in [-0.4, -0.2) is 17.0 Å². The van der Waals surface area contributed by atoms with Crippen LogP contribution >= 0.6 is 39.5 Å². The molecule has 0 fully saturated rings. The molecule has 2 amide bonds. The summed E-state index contributed by atoms with van der Waals surface area (Å²) < 4.78 is 19.4. The number of urea groups is 1. The van der Waals surface area contributed by atoms with E-state index < -0.39 is 19.7 Å². The Hall–Kier alpha value is -1.18. The summed E-state index contributed by atoms with van der Waals surface area (Å²) in [6.07, 6.45) is 0.193. The van der Waals surface area contributed by atoms with Gasteiger partial charge in [-0.3, -0.25) is 4.57 Å². The molecule has 0 aliphatic rings. The molecule has 0 spiro atoms. The Bertz CT molecular complexity index is 847. The second kappa shape index (κ2) is 9.15. The van der Waals surface area contributed by atoms with Crippen LogP contribution in [0.3, 0.4) is 0 Å². The minimum Gasteiger partial charge on any atom is -0.321 e. The lowest BCUT2D eigenvalue weighted by atomic mass is 10.3. The molecule has 6 nitrogen and oxygen atoms in total. The standard InChI is InChI=1S/C17H19Br2N2O4P/c1-3-11(2)25-26(23,24)16-10-13(19)7-8-15(16)21-17(22)20-14-6-4-5-12(18)9-14/h4-11H,3H2,1-2H3,(H,23,24)(H2,20,21,22). The van der Waals surface area contributed by atoms with Crippen LogP contribution in [-0.2, 0) is 9.09 Å². The third-order valence-electron chi connectivity index (χ3n) is 3.49. The molecular formula is C17H19Br2N2O4P. The number of hydrogen-bond donors (Lipinski definition) is 3. The lowest BCUT2D eigenvalue weighted by Gasteiger charge is -2.20. The summed E-state index contributed by atoms with van der Waals surface area (Å²) in [5.74, 6) is 0. The zero-order valence-corrected chi connectivity index (χ0v) is 18.3. The van der Waals surface area contributed by atoms with Crippen LogP contribution < -0.4 is 15.9 Å². The lowest BCUT2D eigenvalue weighted by molar-refractivity contribution is 0.192. The van der Waals surface area contributed by atoms with Crippen LogP contribution in [0.25, 0.3) is 0 Å². The van der Waals surface area contributed by atoms with Gasteiger partial charge in [0, 0.05) is 14.6 Å². The smallest absolute Gasteiger partial charge is 0.321 e. The number of hydrogen-bond acceptors (Lipinski definition) is 3. The molecule has 3 N–H and O–H groups in total. The molecule has 0 radical (unpaired) electrons. The van der Waals surface area contributed by atoms with E-state index in [1.54, 1.807) is 37.3 Å². The highest BCUT2D eigenvalue weighted by atomic mass is 79.9. The molecule has 0 aliphatic heterocycles. The Morgan fingerprint density at radius 1 is 1.19 bits per heavy atom. The average molecular weight is 506 g/mol. The number of carbonyl (C=O) groups excluding carboxylic acids is 1. The first-order valence-electron chi connectivity index (χ1n) is 7.86. The van der Waals surface area contributed by atoms with Crippen molar-refractivity contribution < 1.29 is 18.8 Å². The van der Waals surface area contributed by atoms with E-state index in [0.717, 1.165) is 4.47 Å². The molecule has 26 heavy (non-hydrogen) atoms. The number of nitrogens with one attached hydrogen (secondary N) is 2. The van der Waals surface area contributed by atoms with Gasteiger partial charge in [-0.25, -0.2) is 4.79 Å². The Morgan fingerprint density at radius 3 is 2.54 bits per heavy atom. The van der Waals surface area contributed by atoms with Crippen molar-refractivity contribution in [3.05, 3.63) is 51.4 Å². The SMILES string of the molecule is CCC(C)OP(=O)(O)c1cc(Br)ccc1NC(=O)Nc1cccc(Br)c1. The van der Waals surface area contributed by atoms with Crippen LogP contribution in [0.1, 0.15) is 20.3 Å². The quantitative estimate of drug-likeness (QED) is 0.453. The maximum absolute atomic E-state index is 12.7. The third-order valence-corrected chi connectivity index (χ3v) is 6.10. The maximum atomic E-state index is 12.7. The van der Waals surface area contributed by atoms with Gasteiger partial charge >= 0.3 is 13.6 Å². The molecule has 0 aromatic heterocycles. The third kappa shape index (κ3) is 5.93. The van der Waals surface area contributed by atoms with E-state index in [1.165, 1.54) is 6.07 Å². The van der Waals surface area contributed by atoms with Gasteiger partial charge in [0.15, 0.2) is 0 Å². The van der Waals surface area contributed by atoms with Crippen LogP contribution in [0.15, 0.2) is 51.4 Å². The van der Waals surface area contributed by atoms with Crippen molar-refractivity contribution in [1.29, 1.82) is 0 Å². The van der Waals surface area contributed by atoms with Crippen molar-refractivity contribution in [1.82, 2.24) is 0 Å². The Balaban J connectivity index is 2.24. The monoisotopic (exact) mass is 504 g/mol. The van der Waals surface area contributed by atoms with Crippen LogP contribution in [0.2, 0.25) is 0 Å². The molecule has 0 saturated carbocycles. The van der Waals surface area contributed by atoms with Gasteiger partial charge in [-0.2, -0.15) is 0 Å². The van der Waals surface area contributed by atoms with E-state index in [-0.39, 0.29) is 11.0 Å². The molecule has 2 rings (SSSR count). The molecule has 2 unspecified atom stereocenters. The molecular weight excluding hydrogens is 487 g/mol. The number of rotatable bonds is 6. The minimum atomic E-state index is -4.11. The summed E-state index contributed by atoms with van der Waals surface area (Å²) in [4.78, 5) is 22.6. The molecule has 140 valence electrons. The highest BCUT2D eigenvalue weighted by molar-refractivity contribution is 9.10. The molecule has 0 heterocycles. The fourth-order valence-corrected chi connectivity index (χ4v) is 4.50. The second-order valence-electron chi connectivity index (χ2n) is 5.60. The zero-order valence-electron chi connectivity index (χ0n) is 14.2. The predicted molar refractivity (Wildman–Crippen MR) is 111 cm³/mol. The van der Waals surface area contributed by atoms with Crippen molar-refractivity contribution in [3.63, 3.8) is 0 Å². The number of carbonyl (C=O) groups is 1. The van der Waals surface area contributed by atoms with Crippen molar-refractivity contribution in [2.45, 2.75) is 26.4 Å². The summed E-state index contributed by atoms with van der Waals surface area (Å²) in [6.45, 7) is 3.57. The number of anilines is 2. The highest BCUT2D eigenvalue weighted by Gasteiger charge is 2.29. The molecule has 0 aliphatic carbocycles. The summed E-state index contributed by atoms with van der Waals surface area (Å²) in [7, 11) is -4.11.